The van der Waals surface area contributed by atoms with Crippen LogP contribution in [0.15, 0.2) is 42.5 Å². The molecule has 0 unspecified atom stereocenters. The Kier molecular flexibility index (Phi) is 4.49. The van der Waals surface area contributed by atoms with Crippen LogP contribution in [0.4, 0.5) is 0 Å². The predicted octanol–water partition coefficient (Wildman–Crippen LogP) is 0.852. The lowest BCUT2D eigenvalue weighted by molar-refractivity contribution is -0.121. The molecule has 0 aromatic heterocycles. The highest BCUT2D eigenvalue weighted by Crippen LogP contribution is 2.15. The molecule has 0 aliphatic carbocycles. The van der Waals surface area contributed by atoms with Crippen molar-refractivity contribution in [2.24, 2.45) is 0 Å². The quantitative estimate of drug-likeness (QED) is 0.745. The van der Waals surface area contributed by atoms with Crippen molar-refractivity contribution in [3.05, 3.63) is 48.0 Å². The minimum absolute atomic E-state index is 0.205. The van der Waals surface area contributed by atoms with E-state index in [1.54, 1.807) is 0 Å². The average molecular weight is 259 g/mol. The molecule has 4 heteroatoms. The molecular formula is C15H17NO3. The van der Waals surface area contributed by atoms with Crippen molar-refractivity contribution >= 4 is 16.7 Å². The number of benzene rings is 2. The van der Waals surface area contributed by atoms with Crippen LogP contribution in [0.5, 0.6) is 0 Å². The Morgan fingerprint density at radius 2 is 1.74 bits per heavy atom. The third kappa shape index (κ3) is 3.53. The van der Waals surface area contributed by atoms with Crippen LogP contribution >= 0.6 is 0 Å². The van der Waals surface area contributed by atoms with E-state index in [4.69, 9.17) is 10.2 Å². The number of hydrogen-bond acceptors (Lipinski definition) is 3. The maximum absolute atomic E-state index is 11.7. The zero-order valence-corrected chi connectivity index (χ0v) is 10.5. The molecule has 0 bridgehead atoms. The van der Waals surface area contributed by atoms with Gasteiger partial charge < -0.3 is 15.5 Å². The van der Waals surface area contributed by atoms with Crippen LogP contribution in [0, 0.1) is 0 Å². The number of carbonyl (C=O) groups excluding carboxylic acids is 1. The molecule has 2 aromatic carbocycles. The molecule has 3 N–H and O–H groups in total. The number of rotatable bonds is 5. The SMILES string of the molecule is O=C(Cc1ccc2ccccc2c1)NC(CO)CO. The lowest BCUT2D eigenvalue weighted by Crippen LogP contribution is -2.40. The molecule has 2 rings (SSSR count). The second kappa shape index (κ2) is 6.31. The fourth-order valence-corrected chi connectivity index (χ4v) is 1.96. The van der Waals surface area contributed by atoms with Gasteiger partial charge in [-0.1, -0.05) is 42.5 Å². The number of carbonyl (C=O) groups is 1. The Bertz CT molecular complexity index is 564. The maximum Gasteiger partial charge on any atom is 0.224 e. The minimum atomic E-state index is -0.590. The summed E-state index contributed by atoms with van der Waals surface area (Å²) in [5, 5.41) is 22.6. The number of amides is 1. The van der Waals surface area contributed by atoms with Crippen molar-refractivity contribution in [3.63, 3.8) is 0 Å². The fourth-order valence-electron chi connectivity index (χ4n) is 1.96. The van der Waals surface area contributed by atoms with E-state index in [9.17, 15) is 4.79 Å². The van der Waals surface area contributed by atoms with E-state index in [0.717, 1.165) is 16.3 Å². The fraction of sp³-hybridized carbons (Fsp3) is 0.267. The molecule has 0 aliphatic heterocycles. The summed E-state index contributed by atoms with van der Waals surface area (Å²) in [5.41, 5.74) is 0.908. The van der Waals surface area contributed by atoms with Crippen molar-refractivity contribution in [2.45, 2.75) is 12.5 Å². The van der Waals surface area contributed by atoms with Crippen molar-refractivity contribution in [1.29, 1.82) is 0 Å². The van der Waals surface area contributed by atoms with Gasteiger partial charge in [-0.25, -0.2) is 0 Å². The Labute approximate surface area is 111 Å². The average Bonchev–Trinajstić information content (AvgIpc) is 2.44. The molecule has 0 saturated heterocycles. The number of fused-ring (bicyclic) bond motifs is 1. The van der Waals surface area contributed by atoms with Gasteiger partial charge in [0.15, 0.2) is 0 Å². The lowest BCUT2D eigenvalue weighted by Gasteiger charge is -2.13. The monoisotopic (exact) mass is 259 g/mol. The van der Waals surface area contributed by atoms with Crippen molar-refractivity contribution in [1.82, 2.24) is 5.32 Å². The third-order valence-electron chi connectivity index (χ3n) is 2.98. The first kappa shape index (κ1) is 13.5. The first-order valence-corrected chi connectivity index (χ1v) is 6.21. The summed E-state index contributed by atoms with van der Waals surface area (Å²) < 4.78 is 0. The van der Waals surface area contributed by atoms with E-state index in [1.165, 1.54) is 0 Å². The molecule has 1 amide bonds. The number of aliphatic hydroxyl groups is 2. The third-order valence-corrected chi connectivity index (χ3v) is 2.98. The first-order chi connectivity index (χ1) is 9.22. The van der Waals surface area contributed by atoms with Crippen LogP contribution in [-0.2, 0) is 11.2 Å². The van der Waals surface area contributed by atoms with Crippen LogP contribution in [0.25, 0.3) is 10.8 Å². The highest BCUT2D eigenvalue weighted by Gasteiger charge is 2.10. The molecule has 100 valence electrons. The smallest absolute Gasteiger partial charge is 0.224 e. The minimum Gasteiger partial charge on any atom is -0.394 e. The van der Waals surface area contributed by atoms with E-state index in [2.05, 4.69) is 5.32 Å². The van der Waals surface area contributed by atoms with Gasteiger partial charge >= 0.3 is 0 Å². The van der Waals surface area contributed by atoms with E-state index < -0.39 is 6.04 Å². The molecule has 0 aliphatic rings. The number of aliphatic hydroxyl groups excluding tert-OH is 2. The normalized spacial score (nSPS) is 10.9. The van der Waals surface area contributed by atoms with Crippen LogP contribution in [0.2, 0.25) is 0 Å². The Morgan fingerprint density at radius 1 is 1.05 bits per heavy atom. The first-order valence-electron chi connectivity index (χ1n) is 6.21. The van der Waals surface area contributed by atoms with Gasteiger partial charge in [0.1, 0.15) is 0 Å². The molecule has 2 aromatic rings. The van der Waals surface area contributed by atoms with Gasteiger partial charge in [-0.15, -0.1) is 0 Å². The van der Waals surface area contributed by atoms with E-state index in [-0.39, 0.29) is 25.5 Å². The molecule has 0 radical (unpaired) electrons. The molecule has 0 fully saturated rings. The van der Waals surface area contributed by atoms with Gasteiger partial charge in [-0.3, -0.25) is 4.79 Å². The molecule has 0 heterocycles. The standard InChI is InChI=1S/C15H17NO3/c17-9-14(10-18)16-15(19)8-11-5-6-12-3-1-2-4-13(12)7-11/h1-7,14,17-18H,8-10H2,(H,16,19). The van der Waals surface area contributed by atoms with Crippen LogP contribution < -0.4 is 5.32 Å². The predicted molar refractivity (Wildman–Crippen MR) is 73.8 cm³/mol. The van der Waals surface area contributed by atoms with Gasteiger partial charge in [0.2, 0.25) is 5.91 Å². The zero-order valence-electron chi connectivity index (χ0n) is 10.5. The summed E-state index contributed by atoms with van der Waals surface area (Å²) >= 11 is 0. The second-order valence-corrected chi connectivity index (χ2v) is 4.49. The Balaban J connectivity index is 2.06. The second-order valence-electron chi connectivity index (χ2n) is 4.49. The maximum atomic E-state index is 11.7. The highest BCUT2D eigenvalue weighted by molar-refractivity contribution is 5.85. The summed E-state index contributed by atoms with van der Waals surface area (Å²) in [4.78, 5) is 11.7. The summed E-state index contributed by atoms with van der Waals surface area (Å²) in [6.45, 7) is -0.528. The van der Waals surface area contributed by atoms with Crippen LogP contribution in [0.3, 0.4) is 0 Å². The Hall–Kier alpha value is -1.91. The molecule has 0 atom stereocenters. The summed E-state index contributed by atoms with van der Waals surface area (Å²) in [5.74, 6) is -0.205. The number of hydrogen-bond donors (Lipinski definition) is 3. The van der Waals surface area contributed by atoms with Gasteiger partial charge in [-0.2, -0.15) is 0 Å². The topological polar surface area (TPSA) is 69.6 Å². The molecule has 0 spiro atoms. The van der Waals surface area contributed by atoms with Crippen molar-refractivity contribution < 1.29 is 15.0 Å². The van der Waals surface area contributed by atoms with Crippen LogP contribution in [0.1, 0.15) is 5.56 Å². The van der Waals surface area contributed by atoms with Gasteiger partial charge in [-0.05, 0) is 16.3 Å². The van der Waals surface area contributed by atoms with E-state index in [1.807, 2.05) is 42.5 Å². The van der Waals surface area contributed by atoms with Crippen molar-refractivity contribution in [3.8, 4) is 0 Å². The zero-order chi connectivity index (χ0) is 13.7. The van der Waals surface area contributed by atoms with Gasteiger partial charge in [0, 0.05) is 0 Å². The van der Waals surface area contributed by atoms with Crippen LogP contribution in [-0.4, -0.2) is 35.4 Å². The molecule has 4 nitrogen and oxygen atoms in total. The lowest BCUT2D eigenvalue weighted by atomic mass is 10.0. The van der Waals surface area contributed by atoms with Gasteiger partial charge in [0.25, 0.3) is 0 Å². The molecule has 19 heavy (non-hydrogen) atoms. The molecule has 0 saturated carbocycles. The summed E-state index contributed by atoms with van der Waals surface area (Å²) in [7, 11) is 0. The summed E-state index contributed by atoms with van der Waals surface area (Å²) in [6, 6.07) is 13.2. The van der Waals surface area contributed by atoms with E-state index >= 15 is 0 Å². The van der Waals surface area contributed by atoms with Crippen molar-refractivity contribution in [2.75, 3.05) is 13.2 Å². The largest absolute Gasteiger partial charge is 0.394 e. The van der Waals surface area contributed by atoms with Gasteiger partial charge in [0.05, 0.1) is 25.7 Å². The summed E-state index contributed by atoms with van der Waals surface area (Å²) in [6.07, 6.45) is 0.237. The highest BCUT2D eigenvalue weighted by atomic mass is 16.3. The van der Waals surface area contributed by atoms with E-state index in [0.29, 0.717) is 0 Å². The Morgan fingerprint density at radius 3 is 2.42 bits per heavy atom. The number of nitrogens with one attached hydrogen (secondary N) is 1. The molecular weight excluding hydrogens is 242 g/mol.